The molecule has 220 valence electrons. The number of hydrogen-bond donors (Lipinski definition) is 0. The van der Waals surface area contributed by atoms with Gasteiger partial charge < -0.3 is 18.9 Å². The molecule has 7 heteroatoms. The standard InChI is InChI=1S/C36H36N2O5/c1-40-26-13-5-22(6-14-26)32-30-33(23-7-15-27(41-2)16-8-23)38-21-37(32)34(24-9-17-28(42-3)18-10-24)31(36(30)39)35(38)25-11-19-29(43-4)20-12-25/h5-20,30-35H,21H2,1-4H3/t30?,31?,32-,33-,34-,35+/m1/s1. The molecule has 0 aliphatic carbocycles. The van der Waals surface area contributed by atoms with Gasteiger partial charge in [-0.3, -0.25) is 14.6 Å². The molecule has 0 spiro atoms. The molecule has 4 aliphatic rings. The second-order valence-electron chi connectivity index (χ2n) is 11.5. The van der Waals surface area contributed by atoms with Gasteiger partial charge in [-0.1, -0.05) is 48.5 Å². The number of ether oxygens (including phenoxy) is 4. The minimum Gasteiger partial charge on any atom is -0.497 e. The normalized spacial score (nSPS) is 28.9. The Kier molecular flexibility index (Phi) is 7.07. The van der Waals surface area contributed by atoms with E-state index >= 15 is 4.79 Å². The summed E-state index contributed by atoms with van der Waals surface area (Å²) in [4.78, 5) is 20.1. The van der Waals surface area contributed by atoms with Crippen LogP contribution in [0.1, 0.15) is 46.4 Å². The van der Waals surface area contributed by atoms with E-state index in [-0.39, 0.29) is 36.0 Å². The average Bonchev–Trinajstić information content (AvgIpc) is 3.07. The maximum Gasteiger partial charge on any atom is 0.146 e. The summed E-state index contributed by atoms with van der Waals surface area (Å²) in [6.45, 7) is 0.709. The van der Waals surface area contributed by atoms with Crippen molar-refractivity contribution in [2.75, 3.05) is 35.1 Å². The van der Waals surface area contributed by atoms with E-state index in [1.54, 1.807) is 28.4 Å². The predicted molar refractivity (Wildman–Crippen MR) is 163 cm³/mol. The molecule has 8 rings (SSSR count). The van der Waals surface area contributed by atoms with Gasteiger partial charge in [-0.2, -0.15) is 0 Å². The molecule has 4 bridgehead atoms. The number of piperidine rings is 2. The zero-order chi connectivity index (χ0) is 29.7. The molecule has 0 radical (unpaired) electrons. The van der Waals surface area contributed by atoms with Crippen LogP contribution in [0.15, 0.2) is 97.1 Å². The summed E-state index contributed by atoms with van der Waals surface area (Å²) in [6.07, 6.45) is 0. The first-order valence-electron chi connectivity index (χ1n) is 14.7. The third-order valence-electron chi connectivity index (χ3n) is 9.60. The molecule has 0 N–H and O–H groups in total. The van der Waals surface area contributed by atoms with Crippen LogP contribution in [0.3, 0.4) is 0 Å². The first kappa shape index (κ1) is 27.5. The van der Waals surface area contributed by atoms with Gasteiger partial charge in [0.25, 0.3) is 0 Å². The van der Waals surface area contributed by atoms with E-state index in [0.29, 0.717) is 12.5 Å². The van der Waals surface area contributed by atoms with Crippen molar-refractivity contribution >= 4 is 5.78 Å². The van der Waals surface area contributed by atoms with Gasteiger partial charge in [-0.05, 0) is 70.8 Å². The van der Waals surface area contributed by atoms with Crippen molar-refractivity contribution in [1.82, 2.24) is 9.80 Å². The van der Waals surface area contributed by atoms with Crippen LogP contribution in [0.2, 0.25) is 0 Å². The predicted octanol–water partition coefficient (Wildman–Crippen LogP) is 6.39. The SMILES string of the molecule is COc1ccc([C@@H]2C3C(=O)C4[C@@H](c5ccc(OC)cc5)N2CN([C@@H]3c2ccc(OC)cc2)[C@H]4c2ccc(OC)cc2)cc1. The van der Waals surface area contributed by atoms with E-state index < -0.39 is 0 Å². The van der Waals surface area contributed by atoms with Crippen LogP contribution >= 0.6 is 0 Å². The van der Waals surface area contributed by atoms with Gasteiger partial charge in [0.2, 0.25) is 0 Å². The Balaban J connectivity index is 1.41. The number of nitrogens with zero attached hydrogens (tertiary/aromatic N) is 2. The molecular formula is C36H36N2O5. The van der Waals surface area contributed by atoms with E-state index in [9.17, 15) is 0 Å². The van der Waals surface area contributed by atoms with Gasteiger partial charge in [0.1, 0.15) is 28.8 Å². The number of Topliss-reactive ketones (excluding diaryl/α,β-unsaturated/α-hetero) is 1. The minimum atomic E-state index is -0.246. The van der Waals surface area contributed by atoms with Gasteiger partial charge in [0.05, 0.1) is 46.9 Å². The van der Waals surface area contributed by atoms with Crippen molar-refractivity contribution in [3.05, 3.63) is 119 Å². The van der Waals surface area contributed by atoms with Crippen molar-refractivity contribution < 1.29 is 23.7 Å². The molecule has 4 aliphatic heterocycles. The Morgan fingerprint density at radius 2 is 0.674 bits per heavy atom. The summed E-state index contributed by atoms with van der Waals surface area (Å²) in [5, 5.41) is 0. The lowest BCUT2D eigenvalue weighted by Gasteiger charge is -2.67. The molecule has 8 atom stereocenters. The Labute approximate surface area is 252 Å². The first-order valence-corrected chi connectivity index (χ1v) is 14.7. The van der Waals surface area contributed by atoms with Crippen molar-refractivity contribution in [1.29, 1.82) is 0 Å². The smallest absolute Gasteiger partial charge is 0.146 e. The van der Waals surface area contributed by atoms with Crippen LogP contribution < -0.4 is 18.9 Å². The second kappa shape index (κ2) is 11.1. The lowest BCUT2D eigenvalue weighted by molar-refractivity contribution is -0.208. The molecule has 4 fully saturated rings. The molecule has 0 amide bonds. The Hall–Kier alpha value is -4.33. The fraction of sp³-hybridized carbons (Fsp3) is 0.306. The highest BCUT2D eigenvalue weighted by atomic mass is 16.5. The molecule has 0 aromatic heterocycles. The van der Waals surface area contributed by atoms with Crippen molar-refractivity contribution in [2.45, 2.75) is 24.2 Å². The highest BCUT2D eigenvalue weighted by molar-refractivity contribution is 5.89. The lowest BCUT2D eigenvalue weighted by atomic mass is 9.60. The number of hydrogen-bond acceptors (Lipinski definition) is 7. The van der Waals surface area contributed by atoms with Crippen LogP contribution in [-0.2, 0) is 4.79 Å². The zero-order valence-electron chi connectivity index (χ0n) is 24.8. The quantitative estimate of drug-likeness (QED) is 0.241. The van der Waals surface area contributed by atoms with Gasteiger partial charge in [0.15, 0.2) is 0 Å². The number of carbonyl (C=O) groups excluding carboxylic acids is 1. The van der Waals surface area contributed by atoms with Gasteiger partial charge in [0, 0.05) is 24.2 Å². The number of ketones is 1. The molecule has 7 nitrogen and oxygen atoms in total. The maximum atomic E-state index is 15.0. The molecule has 0 saturated carbocycles. The van der Waals surface area contributed by atoms with Gasteiger partial charge in [-0.25, -0.2) is 0 Å². The fourth-order valence-electron chi connectivity index (χ4n) is 7.70. The average molecular weight is 577 g/mol. The van der Waals surface area contributed by atoms with E-state index in [0.717, 1.165) is 45.3 Å². The molecule has 43 heavy (non-hydrogen) atoms. The van der Waals surface area contributed by atoms with Gasteiger partial charge in [-0.15, -0.1) is 0 Å². The van der Waals surface area contributed by atoms with Crippen LogP contribution in [0.25, 0.3) is 0 Å². The van der Waals surface area contributed by atoms with Crippen molar-refractivity contribution in [3.8, 4) is 23.0 Å². The summed E-state index contributed by atoms with van der Waals surface area (Å²) in [7, 11) is 6.71. The zero-order valence-corrected chi connectivity index (χ0v) is 24.8. The lowest BCUT2D eigenvalue weighted by Crippen LogP contribution is -2.69. The third-order valence-corrected chi connectivity index (χ3v) is 9.60. The van der Waals surface area contributed by atoms with E-state index in [1.807, 2.05) is 48.5 Å². The van der Waals surface area contributed by atoms with Crippen LogP contribution in [0, 0.1) is 11.8 Å². The van der Waals surface area contributed by atoms with Crippen molar-refractivity contribution in [3.63, 3.8) is 0 Å². The summed E-state index contributed by atoms with van der Waals surface area (Å²) >= 11 is 0. The number of rotatable bonds is 8. The number of benzene rings is 4. The first-order chi connectivity index (χ1) is 21.1. The van der Waals surface area contributed by atoms with E-state index in [2.05, 4.69) is 58.3 Å². The van der Waals surface area contributed by atoms with Gasteiger partial charge >= 0.3 is 0 Å². The number of methoxy groups -OCH3 is 4. The van der Waals surface area contributed by atoms with Crippen molar-refractivity contribution in [2.24, 2.45) is 11.8 Å². The third kappa shape index (κ3) is 4.46. The fourth-order valence-corrected chi connectivity index (χ4v) is 7.70. The molecule has 4 unspecified atom stereocenters. The van der Waals surface area contributed by atoms with E-state index in [4.69, 9.17) is 18.9 Å². The Morgan fingerprint density at radius 3 is 0.884 bits per heavy atom. The summed E-state index contributed by atoms with van der Waals surface area (Å²) in [6, 6.07) is 32.5. The van der Waals surface area contributed by atoms with E-state index in [1.165, 1.54) is 0 Å². The summed E-state index contributed by atoms with van der Waals surface area (Å²) in [5.74, 6) is 3.02. The topological polar surface area (TPSA) is 60.5 Å². The van der Waals surface area contributed by atoms with Crippen LogP contribution in [0.5, 0.6) is 23.0 Å². The molecule has 4 heterocycles. The molecule has 4 aromatic carbocycles. The Bertz CT molecular complexity index is 1360. The Morgan fingerprint density at radius 1 is 0.442 bits per heavy atom. The maximum absolute atomic E-state index is 15.0. The highest BCUT2D eigenvalue weighted by Gasteiger charge is 2.65. The summed E-state index contributed by atoms with van der Waals surface area (Å²) < 4.78 is 21.9. The highest BCUT2D eigenvalue weighted by Crippen LogP contribution is 2.64. The largest absolute Gasteiger partial charge is 0.497 e. The minimum absolute atomic E-state index is 0.0954. The molecule has 4 saturated heterocycles. The molecule has 4 aromatic rings. The van der Waals surface area contributed by atoms with Crippen LogP contribution in [0.4, 0.5) is 0 Å². The summed E-state index contributed by atoms with van der Waals surface area (Å²) in [5.41, 5.74) is 4.49. The molecular weight excluding hydrogens is 540 g/mol. The monoisotopic (exact) mass is 576 g/mol. The van der Waals surface area contributed by atoms with Crippen LogP contribution in [-0.4, -0.2) is 50.7 Å². The second-order valence-corrected chi connectivity index (χ2v) is 11.5. The number of carbonyl (C=O) groups is 1.